The Morgan fingerprint density at radius 3 is 2.32 bits per heavy atom. The molecule has 1 N–H and O–H groups in total. The number of carboxylic acids is 1. The summed E-state index contributed by atoms with van der Waals surface area (Å²) in [6.45, 7) is 4.04. The quantitative estimate of drug-likeness (QED) is 0.854. The molecule has 0 aliphatic heterocycles. The normalized spacial score (nSPS) is 11.7. The molecule has 1 rings (SSSR count). The monoisotopic (exact) mass is 265 g/mol. The molecule has 1 amide bonds. The van der Waals surface area contributed by atoms with E-state index in [0.29, 0.717) is 17.9 Å². The molecule has 0 heterocycles. The van der Waals surface area contributed by atoms with Crippen LogP contribution in [0.3, 0.4) is 0 Å². The summed E-state index contributed by atoms with van der Waals surface area (Å²) in [6, 6.07) is 6.44. The van der Waals surface area contributed by atoms with E-state index < -0.39 is 5.97 Å². The van der Waals surface area contributed by atoms with Crippen LogP contribution < -0.4 is 4.74 Å². The highest BCUT2D eigenvalue weighted by molar-refractivity contribution is 5.94. The molecule has 19 heavy (non-hydrogen) atoms. The number of ether oxygens (including phenoxy) is 1. The number of methoxy groups -OCH3 is 1. The van der Waals surface area contributed by atoms with Crippen LogP contribution in [0.2, 0.25) is 0 Å². The van der Waals surface area contributed by atoms with Gasteiger partial charge in [0.1, 0.15) is 5.75 Å². The lowest BCUT2D eigenvalue weighted by atomic mass is 10.1. The number of benzene rings is 1. The molecule has 1 aromatic carbocycles. The molecule has 5 heteroatoms. The highest BCUT2D eigenvalue weighted by atomic mass is 16.5. The maximum Gasteiger partial charge on any atom is 0.305 e. The maximum atomic E-state index is 12.3. The Balaban J connectivity index is 2.85. The van der Waals surface area contributed by atoms with Crippen molar-refractivity contribution in [3.05, 3.63) is 29.8 Å². The minimum absolute atomic E-state index is 0.0598. The predicted octanol–water partition coefficient (Wildman–Crippen LogP) is 2.02. The van der Waals surface area contributed by atoms with Gasteiger partial charge in [-0.05, 0) is 38.1 Å². The van der Waals surface area contributed by atoms with Crippen molar-refractivity contribution in [1.82, 2.24) is 4.90 Å². The third kappa shape index (κ3) is 3.98. The fourth-order valence-electron chi connectivity index (χ4n) is 1.92. The van der Waals surface area contributed by atoms with Gasteiger partial charge >= 0.3 is 5.97 Å². The van der Waals surface area contributed by atoms with E-state index in [2.05, 4.69) is 0 Å². The molecule has 0 aliphatic rings. The number of rotatable bonds is 6. The van der Waals surface area contributed by atoms with Gasteiger partial charge in [0.15, 0.2) is 0 Å². The summed E-state index contributed by atoms with van der Waals surface area (Å²) in [4.78, 5) is 24.6. The molecule has 0 radical (unpaired) electrons. The summed E-state index contributed by atoms with van der Waals surface area (Å²) in [7, 11) is 1.56. The minimum Gasteiger partial charge on any atom is -0.497 e. The average Bonchev–Trinajstić information content (AvgIpc) is 2.38. The molecule has 0 spiro atoms. The number of carbonyl (C=O) groups is 2. The van der Waals surface area contributed by atoms with Crippen molar-refractivity contribution in [3.8, 4) is 5.75 Å². The zero-order valence-electron chi connectivity index (χ0n) is 11.4. The van der Waals surface area contributed by atoms with Crippen molar-refractivity contribution in [2.45, 2.75) is 26.3 Å². The third-order valence-electron chi connectivity index (χ3n) is 2.94. The molecule has 0 bridgehead atoms. The van der Waals surface area contributed by atoms with E-state index in [0.717, 1.165) is 0 Å². The van der Waals surface area contributed by atoms with E-state index in [1.807, 2.05) is 6.92 Å². The number of amides is 1. The molecule has 1 unspecified atom stereocenters. The van der Waals surface area contributed by atoms with E-state index >= 15 is 0 Å². The molecule has 0 aromatic heterocycles. The lowest BCUT2D eigenvalue weighted by molar-refractivity contribution is -0.138. The number of carbonyl (C=O) groups excluding carboxylic acids is 1. The number of nitrogens with zero attached hydrogens (tertiary/aromatic N) is 1. The van der Waals surface area contributed by atoms with Gasteiger partial charge in [-0.1, -0.05) is 0 Å². The van der Waals surface area contributed by atoms with E-state index in [9.17, 15) is 9.59 Å². The van der Waals surface area contributed by atoms with Gasteiger partial charge in [0, 0.05) is 18.2 Å². The maximum absolute atomic E-state index is 12.3. The second-order valence-corrected chi connectivity index (χ2v) is 4.27. The van der Waals surface area contributed by atoms with Crippen LogP contribution in [0.25, 0.3) is 0 Å². The first kappa shape index (κ1) is 15.0. The Morgan fingerprint density at radius 1 is 1.32 bits per heavy atom. The molecule has 0 saturated heterocycles. The van der Waals surface area contributed by atoms with Crippen molar-refractivity contribution in [2.24, 2.45) is 0 Å². The van der Waals surface area contributed by atoms with Gasteiger partial charge in [-0.2, -0.15) is 0 Å². The largest absolute Gasteiger partial charge is 0.497 e. The van der Waals surface area contributed by atoms with Crippen LogP contribution in [0.1, 0.15) is 30.6 Å². The molecule has 5 nitrogen and oxygen atoms in total. The minimum atomic E-state index is -0.909. The van der Waals surface area contributed by atoms with Crippen molar-refractivity contribution in [1.29, 1.82) is 0 Å². The van der Waals surface area contributed by atoms with Gasteiger partial charge in [0.05, 0.1) is 13.5 Å². The Kier molecular flexibility index (Phi) is 5.36. The Labute approximate surface area is 112 Å². The molecule has 0 saturated carbocycles. The molecule has 0 aliphatic carbocycles. The van der Waals surface area contributed by atoms with E-state index in [1.165, 1.54) is 0 Å². The van der Waals surface area contributed by atoms with Gasteiger partial charge < -0.3 is 14.7 Å². The Hall–Kier alpha value is -2.04. The van der Waals surface area contributed by atoms with E-state index in [1.54, 1.807) is 43.2 Å². The first-order valence-electron chi connectivity index (χ1n) is 6.16. The fraction of sp³-hybridized carbons (Fsp3) is 0.429. The lowest BCUT2D eigenvalue weighted by Gasteiger charge is -2.27. The first-order chi connectivity index (χ1) is 8.99. The van der Waals surface area contributed by atoms with Crippen LogP contribution in [0.5, 0.6) is 5.75 Å². The zero-order valence-corrected chi connectivity index (χ0v) is 11.4. The second kappa shape index (κ2) is 6.78. The van der Waals surface area contributed by atoms with E-state index in [-0.39, 0.29) is 18.4 Å². The van der Waals surface area contributed by atoms with Crippen LogP contribution in [-0.4, -0.2) is 41.6 Å². The number of hydrogen-bond acceptors (Lipinski definition) is 3. The predicted molar refractivity (Wildman–Crippen MR) is 71.4 cm³/mol. The van der Waals surface area contributed by atoms with Gasteiger partial charge in [0.25, 0.3) is 5.91 Å². The fourth-order valence-corrected chi connectivity index (χ4v) is 1.92. The highest BCUT2D eigenvalue weighted by Crippen LogP contribution is 2.15. The Morgan fingerprint density at radius 2 is 1.89 bits per heavy atom. The van der Waals surface area contributed by atoms with Gasteiger partial charge in [-0.25, -0.2) is 0 Å². The van der Waals surface area contributed by atoms with Crippen LogP contribution in [0.15, 0.2) is 24.3 Å². The van der Waals surface area contributed by atoms with Crippen LogP contribution in [0, 0.1) is 0 Å². The smallest absolute Gasteiger partial charge is 0.305 e. The van der Waals surface area contributed by atoms with Crippen molar-refractivity contribution in [3.63, 3.8) is 0 Å². The summed E-state index contributed by atoms with van der Waals surface area (Å²) >= 11 is 0. The summed E-state index contributed by atoms with van der Waals surface area (Å²) in [5.74, 6) is -0.398. The first-order valence-corrected chi connectivity index (χ1v) is 6.16. The topological polar surface area (TPSA) is 66.8 Å². The van der Waals surface area contributed by atoms with Gasteiger partial charge in [0.2, 0.25) is 0 Å². The van der Waals surface area contributed by atoms with Gasteiger partial charge in [-0.15, -0.1) is 0 Å². The summed E-state index contributed by atoms with van der Waals surface area (Å²) in [5, 5.41) is 8.79. The van der Waals surface area contributed by atoms with Crippen molar-refractivity contribution >= 4 is 11.9 Å². The second-order valence-electron chi connectivity index (χ2n) is 4.27. The molecular weight excluding hydrogens is 246 g/mol. The standard InChI is InChI=1S/C14H19NO4/c1-4-15(10(2)9-13(16)17)14(18)11-5-7-12(19-3)8-6-11/h5-8,10H,4,9H2,1-3H3,(H,16,17). The molecular formula is C14H19NO4. The molecule has 1 atom stereocenters. The SMILES string of the molecule is CCN(C(=O)c1ccc(OC)cc1)C(C)CC(=O)O. The lowest BCUT2D eigenvalue weighted by Crippen LogP contribution is -2.39. The number of carboxylic acid groups (broad SMARTS) is 1. The van der Waals surface area contributed by atoms with Crippen LogP contribution in [-0.2, 0) is 4.79 Å². The summed E-state index contributed by atoms with van der Waals surface area (Å²) in [5.41, 5.74) is 0.528. The zero-order chi connectivity index (χ0) is 14.4. The highest BCUT2D eigenvalue weighted by Gasteiger charge is 2.21. The molecule has 1 aromatic rings. The van der Waals surface area contributed by atoms with Crippen molar-refractivity contribution < 1.29 is 19.4 Å². The third-order valence-corrected chi connectivity index (χ3v) is 2.94. The number of aliphatic carboxylic acids is 1. The molecule has 104 valence electrons. The number of hydrogen-bond donors (Lipinski definition) is 1. The Bertz CT molecular complexity index is 441. The summed E-state index contributed by atoms with van der Waals surface area (Å²) < 4.78 is 5.03. The molecule has 0 fully saturated rings. The van der Waals surface area contributed by atoms with Gasteiger partial charge in [-0.3, -0.25) is 9.59 Å². The van der Waals surface area contributed by atoms with Crippen molar-refractivity contribution in [2.75, 3.05) is 13.7 Å². The average molecular weight is 265 g/mol. The summed E-state index contributed by atoms with van der Waals surface area (Å²) in [6.07, 6.45) is -0.0598. The van der Waals surface area contributed by atoms with Crippen LogP contribution in [0.4, 0.5) is 0 Å². The van der Waals surface area contributed by atoms with E-state index in [4.69, 9.17) is 9.84 Å². The van der Waals surface area contributed by atoms with Crippen LogP contribution >= 0.6 is 0 Å².